The van der Waals surface area contributed by atoms with Crippen molar-refractivity contribution in [1.29, 1.82) is 0 Å². The first kappa shape index (κ1) is 14.1. The van der Waals surface area contributed by atoms with Gasteiger partial charge in [-0.1, -0.05) is 44.2 Å². The summed E-state index contributed by atoms with van der Waals surface area (Å²) in [7, 11) is 0. The molecule has 2 unspecified atom stereocenters. The quantitative estimate of drug-likeness (QED) is 0.900. The smallest absolute Gasteiger partial charge is 0.227 e. The molecule has 0 aliphatic carbocycles. The first-order chi connectivity index (χ1) is 9.24. The molecule has 2 atom stereocenters. The van der Waals surface area contributed by atoms with Crippen LogP contribution >= 0.6 is 0 Å². The molecule has 1 heterocycles. The average Bonchev–Trinajstić information content (AvgIpc) is 2.47. The Kier molecular flexibility index (Phi) is 4.97. The summed E-state index contributed by atoms with van der Waals surface area (Å²) >= 11 is 0. The zero-order valence-electron chi connectivity index (χ0n) is 11.9. The maximum Gasteiger partial charge on any atom is 0.227 e. The van der Waals surface area contributed by atoms with Crippen LogP contribution < -0.4 is 5.32 Å². The Morgan fingerprint density at radius 1 is 1.26 bits per heavy atom. The molecule has 3 heteroatoms. The molecule has 0 radical (unpaired) electrons. The number of carbonyl (C=O) groups is 1. The van der Waals surface area contributed by atoms with Gasteiger partial charge in [0.25, 0.3) is 0 Å². The summed E-state index contributed by atoms with van der Waals surface area (Å²) in [5, 5.41) is 3.52. The van der Waals surface area contributed by atoms with Crippen molar-refractivity contribution in [3.05, 3.63) is 35.9 Å². The highest BCUT2D eigenvalue weighted by Crippen LogP contribution is 2.14. The zero-order valence-corrected chi connectivity index (χ0v) is 11.9. The third-order valence-corrected chi connectivity index (χ3v) is 3.98. The maximum atomic E-state index is 12.5. The van der Waals surface area contributed by atoms with Gasteiger partial charge in [0.05, 0.1) is 6.42 Å². The first-order valence-corrected chi connectivity index (χ1v) is 7.31. The zero-order chi connectivity index (χ0) is 13.7. The van der Waals surface area contributed by atoms with Crippen molar-refractivity contribution in [2.45, 2.75) is 45.2 Å². The number of benzene rings is 1. The van der Waals surface area contributed by atoms with Gasteiger partial charge in [0.1, 0.15) is 0 Å². The fraction of sp³-hybridized carbons (Fsp3) is 0.562. The standard InChI is InChI=1S/C16H24N2O/c1-3-14-12-18(15(4-2)11-17-14)16(19)10-13-8-6-5-7-9-13/h5-9,14-15,17H,3-4,10-12H2,1-2H3. The third-order valence-electron chi connectivity index (χ3n) is 3.98. The summed E-state index contributed by atoms with van der Waals surface area (Å²) in [5.74, 6) is 0.262. The van der Waals surface area contributed by atoms with Crippen LogP contribution in [0.5, 0.6) is 0 Å². The predicted molar refractivity (Wildman–Crippen MR) is 78.0 cm³/mol. The minimum atomic E-state index is 0.262. The Bertz CT molecular complexity index is 404. The normalized spacial score (nSPS) is 23.4. The summed E-state index contributed by atoms with van der Waals surface area (Å²) in [4.78, 5) is 14.6. The van der Waals surface area contributed by atoms with Crippen LogP contribution in [0.4, 0.5) is 0 Å². The van der Waals surface area contributed by atoms with E-state index in [4.69, 9.17) is 0 Å². The van der Waals surface area contributed by atoms with Gasteiger partial charge in [-0.25, -0.2) is 0 Å². The van der Waals surface area contributed by atoms with Gasteiger partial charge in [0.2, 0.25) is 5.91 Å². The summed E-state index contributed by atoms with van der Waals surface area (Å²) in [5.41, 5.74) is 1.11. The van der Waals surface area contributed by atoms with E-state index in [2.05, 4.69) is 24.1 Å². The molecule has 3 nitrogen and oxygen atoms in total. The van der Waals surface area contributed by atoms with Crippen LogP contribution in [0.2, 0.25) is 0 Å². The third kappa shape index (κ3) is 3.57. The Hall–Kier alpha value is -1.35. The van der Waals surface area contributed by atoms with E-state index in [-0.39, 0.29) is 5.91 Å². The molecule has 1 N–H and O–H groups in total. The van der Waals surface area contributed by atoms with Crippen molar-refractivity contribution in [3.63, 3.8) is 0 Å². The van der Waals surface area contributed by atoms with E-state index in [1.807, 2.05) is 30.3 Å². The van der Waals surface area contributed by atoms with Crippen LogP contribution in [0.1, 0.15) is 32.3 Å². The van der Waals surface area contributed by atoms with Gasteiger partial charge in [-0.15, -0.1) is 0 Å². The summed E-state index contributed by atoms with van der Waals surface area (Å²) < 4.78 is 0. The van der Waals surface area contributed by atoms with Crippen molar-refractivity contribution in [3.8, 4) is 0 Å². The molecule has 1 fully saturated rings. The molecule has 1 aliphatic heterocycles. The van der Waals surface area contributed by atoms with E-state index >= 15 is 0 Å². The van der Waals surface area contributed by atoms with Crippen LogP contribution in [-0.4, -0.2) is 36.0 Å². The number of amides is 1. The van der Waals surface area contributed by atoms with Crippen LogP contribution in [0.25, 0.3) is 0 Å². The highest BCUT2D eigenvalue weighted by atomic mass is 16.2. The summed E-state index contributed by atoms with van der Waals surface area (Å²) in [6.45, 7) is 6.10. The minimum absolute atomic E-state index is 0.262. The number of nitrogens with one attached hydrogen (secondary N) is 1. The molecule has 1 aliphatic rings. The van der Waals surface area contributed by atoms with E-state index in [1.165, 1.54) is 0 Å². The van der Waals surface area contributed by atoms with Crippen LogP contribution in [-0.2, 0) is 11.2 Å². The average molecular weight is 260 g/mol. The molecule has 0 aromatic heterocycles. The fourth-order valence-electron chi connectivity index (χ4n) is 2.68. The topological polar surface area (TPSA) is 32.3 Å². The molecule has 1 amide bonds. The molecule has 104 valence electrons. The van der Waals surface area contributed by atoms with Gasteiger partial charge < -0.3 is 10.2 Å². The van der Waals surface area contributed by atoms with Crippen LogP contribution in [0, 0.1) is 0 Å². The van der Waals surface area contributed by atoms with Crippen molar-refractivity contribution >= 4 is 5.91 Å². The lowest BCUT2D eigenvalue weighted by Gasteiger charge is -2.40. The number of hydrogen-bond acceptors (Lipinski definition) is 2. The van der Waals surface area contributed by atoms with Crippen molar-refractivity contribution in [1.82, 2.24) is 10.2 Å². The van der Waals surface area contributed by atoms with E-state index in [1.54, 1.807) is 0 Å². The SMILES string of the molecule is CCC1CN(C(=O)Cc2ccccc2)C(CC)CN1. The second-order valence-electron chi connectivity index (χ2n) is 5.28. The van der Waals surface area contributed by atoms with Crippen molar-refractivity contribution < 1.29 is 4.79 Å². The number of hydrogen-bond donors (Lipinski definition) is 1. The second-order valence-corrected chi connectivity index (χ2v) is 5.28. The van der Waals surface area contributed by atoms with Gasteiger partial charge in [0.15, 0.2) is 0 Å². The second kappa shape index (κ2) is 6.71. The fourth-order valence-corrected chi connectivity index (χ4v) is 2.68. The maximum absolute atomic E-state index is 12.5. The summed E-state index contributed by atoms with van der Waals surface area (Å²) in [6.07, 6.45) is 2.61. The molecule has 1 saturated heterocycles. The summed E-state index contributed by atoms with van der Waals surface area (Å²) in [6, 6.07) is 10.8. The highest BCUT2D eigenvalue weighted by Gasteiger charge is 2.29. The number of nitrogens with zero attached hydrogens (tertiary/aromatic N) is 1. The molecule has 2 rings (SSSR count). The number of carbonyl (C=O) groups excluding carboxylic acids is 1. The van der Waals surface area contributed by atoms with Gasteiger partial charge in [-0.2, -0.15) is 0 Å². The van der Waals surface area contributed by atoms with Gasteiger partial charge in [-0.3, -0.25) is 4.79 Å². The lowest BCUT2D eigenvalue weighted by Crippen LogP contribution is -2.58. The van der Waals surface area contributed by atoms with Crippen LogP contribution in [0.3, 0.4) is 0 Å². The molecule has 0 spiro atoms. The van der Waals surface area contributed by atoms with E-state index in [0.29, 0.717) is 18.5 Å². The Morgan fingerprint density at radius 3 is 2.63 bits per heavy atom. The van der Waals surface area contributed by atoms with Crippen molar-refractivity contribution in [2.75, 3.05) is 13.1 Å². The number of piperazine rings is 1. The molecule has 0 saturated carbocycles. The van der Waals surface area contributed by atoms with Crippen LogP contribution in [0.15, 0.2) is 30.3 Å². The van der Waals surface area contributed by atoms with Gasteiger partial charge >= 0.3 is 0 Å². The van der Waals surface area contributed by atoms with E-state index in [9.17, 15) is 4.79 Å². The Balaban J connectivity index is 2.02. The molecule has 0 bridgehead atoms. The van der Waals surface area contributed by atoms with Gasteiger partial charge in [-0.05, 0) is 18.4 Å². The first-order valence-electron chi connectivity index (χ1n) is 7.31. The van der Waals surface area contributed by atoms with E-state index < -0.39 is 0 Å². The largest absolute Gasteiger partial charge is 0.337 e. The molecule has 1 aromatic rings. The highest BCUT2D eigenvalue weighted by molar-refractivity contribution is 5.79. The Morgan fingerprint density at radius 2 is 2.00 bits per heavy atom. The van der Waals surface area contributed by atoms with Crippen molar-refractivity contribution in [2.24, 2.45) is 0 Å². The number of rotatable bonds is 4. The monoisotopic (exact) mass is 260 g/mol. The molecular formula is C16H24N2O. The molecular weight excluding hydrogens is 236 g/mol. The molecule has 19 heavy (non-hydrogen) atoms. The molecule has 1 aromatic carbocycles. The van der Waals surface area contributed by atoms with Gasteiger partial charge in [0, 0.05) is 25.2 Å². The Labute approximate surface area is 116 Å². The van der Waals surface area contributed by atoms with E-state index in [0.717, 1.165) is 31.5 Å². The predicted octanol–water partition coefficient (Wildman–Crippen LogP) is 2.22. The lowest BCUT2D eigenvalue weighted by atomic mass is 10.0. The minimum Gasteiger partial charge on any atom is -0.337 e. The lowest BCUT2D eigenvalue weighted by molar-refractivity contribution is -0.134.